The number of hydrogen-bond donors (Lipinski definition) is 1. The summed E-state index contributed by atoms with van der Waals surface area (Å²) in [5, 5.41) is 2.21. The quantitative estimate of drug-likeness (QED) is 0.664. The second-order valence-electron chi connectivity index (χ2n) is 5.86. The van der Waals surface area contributed by atoms with Crippen molar-refractivity contribution in [2.75, 3.05) is 11.7 Å². The summed E-state index contributed by atoms with van der Waals surface area (Å²) < 4.78 is 10.5. The zero-order valence-electron chi connectivity index (χ0n) is 13.8. The molecule has 7 heteroatoms. The number of carbonyl (C=O) groups excluding carboxylic acids is 3. The molecule has 7 nitrogen and oxygen atoms in total. The van der Waals surface area contributed by atoms with E-state index in [1.807, 2.05) is 0 Å². The van der Waals surface area contributed by atoms with E-state index < -0.39 is 17.8 Å². The molecule has 1 saturated heterocycles. The summed E-state index contributed by atoms with van der Waals surface area (Å²) in [6, 6.07) is 11.3. The van der Waals surface area contributed by atoms with E-state index in [1.165, 1.54) is 6.08 Å². The van der Waals surface area contributed by atoms with Gasteiger partial charge < -0.3 is 9.47 Å². The topological polar surface area (TPSA) is 84.9 Å². The van der Waals surface area contributed by atoms with Crippen molar-refractivity contribution >= 4 is 29.6 Å². The van der Waals surface area contributed by atoms with Crippen LogP contribution < -0.4 is 19.7 Å². The predicted molar refractivity (Wildman–Crippen MR) is 92.7 cm³/mol. The Balaban J connectivity index is 1.74. The number of rotatable bonds is 2. The van der Waals surface area contributed by atoms with E-state index in [-0.39, 0.29) is 12.4 Å². The van der Waals surface area contributed by atoms with Gasteiger partial charge in [-0.1, -0.05) is 24.3 Å². The molecule has 2 aromatic rings. The average molecular weight is 350 g/mol. The monoisotopic (exact) mass is 350 g/mol. The molecular weight excluding hydrogens is 336 g/mol. The van der Waals surface area contributed by atoms with Gasteiger partial charge in [-0.15, -0.1) is 0 Å². The molecule has 2 aliphatic rings. The first-order chi connectivity index (χ1) is 12.5. The lowest BCUT2D eigenvalue weighted by atomic mass is 10.1. The van der Waals surface area contributed by atoms with Gasteiger partial charge in [-0.2, -0.15) is 0 Å². The molecule has 2 aromatic carbocycles. The van der Waals surface area contributed by atoms with E-state index in [4.69, 9.17) is 9.47 Å². The first-order valence-corrected chi connectivity index (χ1v) is 7.91. The lowest BCUT2D eigenvalue weighted by molar-refractivity contribution is -0.122. The van der Waals surface area contributed by atoms with Gasteiger partial charge in [0.05, 0.1) is 5.69 Å². The Labute approximate surface area is 148 Å². The van der Waals surface area contributed by atoms with Crippen molar-refractivity contribution in [1.82, 2.24) is 5.32 Å². The third-order valence-electron chi connectivity index (χ3n) is 4.17. The predicted octanol–water partition coefficient (Wildman–Crippen LogP) is 2.39. The number of ether oxygens (including phenoxy) is 2. The fourth-order valence-corrected chi connectivity index (χ4v) is 2.86. The van der Waals surface area contributed by atoms with E-state index in [1.54, 1.807) is 49.4 Å². The lowest BCUT2D eigenvalue weighted by Gasteiger charge is -2.27. The molecular formula is C19H14N2O5. The first-order valence-electron chi connectivity index (χ1n) is 7.91. The standard InChI is InChI=1S/C19H14N2O5/c1-11-4-2-3-5-14(11)21-18(23)13(17(22)20-19(21)24)8-12-6-7-15-16(9-12)26-10-25-15/h2-9H,10H2,1H3,(H,20,22,24). The number of amides is 4. The molecule has 0 aliphatic carbocycles. The fraction of sp³-hybridized carbons (Fsp3) is 0.105. The fourth-order valence-electron chi connectivity index (χ4n) is 2.86. The van der Waals surface area contributed by atoms with E-state index in [0.29, 0.717) is 22.7 Å². The summed E-state index contributed by atoms with van der Waals surface area (Å²) in [5.74, 6) is -0.272. The molecule has 0 atom stereocenters. The minimum absolute atomic E-state index is 0.129. The van der Waals surface area contributed by atoms with Gasteiger partial charge in [-0.25, -0.2) is 9.69 Å². The molecule has 0 aromatic heterocycles. The van der Waals surface area contributed by atoms with Crippen molar-refractivity contribution < 1.29 is 23.9 Å². The molecule has 0 radical (unpaired) electrons. The van der Waals surface area contributed by atoms with E-state index in [2.05, 4.69) is 5.32 Å². The van der Waals surface area contributed by atoms with Crippen molar-refractivity contribution in [2.24, 2.45) is 0 Å². The summed E-state index contributed by atoms with van der Waals surface area (Å²) in [4.78, 5) is 38.3. The Morgan fingerprint density at radius 3 is 2.62 bits per heavy atom. The maximum absolute atomic E-state index is 12.9. The molecule has 2 aliphatic heterocycles. The average Bonchev–Trinajstić information content (AvgIpc) is 3.08. The second-order valence-corrected chi connectivity index (χ2v) is 5.86. The molecule has 0 spiro atoms. The molecule has 0 unspecified atom stereocenters. The van der Waals surface area contributed by atoms with Gasteiger partial charge >= 0.3 is 6.03 Å². The molecule has 1 N–H and O–H groups in total. The van der Waals surface area contributed by atoms with Crippen molar-refractivity contribution in [1.29, 1.82) is 0 Å². The number of nitrogens with one attached hydrogen (secondary N) is 1. The van der Waals surface area contributed by atoms with Crippen LogP contribution in [-0.4, -0.2) is 24.6 Å². The Bertz CT molecular complexity index is 980. The van der Waals surface area contributed by atoms with E-state index in [9.17, 15) is 14.4 Å². The molecule has 130 valence electrons. The molecule has 4 rings (SSSR count). The van der Waals surface area contributed by atoms with Crippen molar-refractivity contribution in [3.63, 3.8) is 0 Å². The van der Waals surface area contributed by atoms with Gasteiger partial charge in [-0.3, -0.25) is 14.9 Å². The number of hydrogen-bond acceptors (Lipinski definition) is 5. The summed E-state index contributed by atoms with van der Waals surface area (Å²) >= 11 is 0. The van der Waals surface area contributed by atoms with Crippen LogP contribution in [0.3, 0.4) is 0 Å². The van der Waals surface area contributed by atoms with Crippen LogP contribution in [0.2, 0.25) is 0 Å². The van der Waals surface area contributed by atoms with Gasteiger partial charge in [0.1, 0.15) is 5.57 Å². The molecule has 2 heterocycles. The zero-order valence-corrected chi connectivity index (χ0v) is 13.8. The van der Waals surface area contributed by atoms with Crippen LogP contribution in [0.4, 0.5) is 10.5 Å². The van der Waals surface area contributed by atoms with Crippen molar-refractivity contribution in [3.8, 4) is 11.5 Å². The highest BCUT2D eigenvalue weighted by Gasteiger charge is 2.37. The third-order valence-corrected chi connectivity index (χ3v) is 4.17. The van der Waals surface area contributed by atoms with Crippen LogP contribution in [0.25, 0.3) is 6.08 Å². The first kappa shape index (κ1) is 15.9. The number of imide groups is 2. The van der Waals surface area contributed by atoms with Crippen LogP contribution in [0.1, 0.15) is 11.1 Å². The maximum Gasteiger partial charge on any atom is 0.335 e. The Morgan fingerprint density at radius 2 is 1.81 bits per heavy atom. The zero-order chi connectivity index (χ0) is 18.3. The molecule has 1 fully saturated rings. The summed E-state index contributed by atoms with van der Waals surface area (Å²) in [6.07, 6.45) is 1.43. The normalized spacial score (nSPS) is 17.7. The van der Waals surface area contributed by atoms with Gasteiger partial charge in [0.25, 0.3) is 11.8 Å². The molecule has 4 amide bonds. The Morgan fingerprint density at radius 1 is 1.04 bits per heavy atom. The van der Waals surface area contributed by atoms with Gasteiger partial charge in [-0.05, 0) is 42.3 Å². The largest absolute Gasteiger partial charge is 0.454 e. The Hall–Kier alpha value is -3.61. The number of fused-ring (bicyclic) bond motifs is 1. The highest BCUT2D eigenvalue weighted by atomic mass is 16.7. The summed E-state index contributed by atoms with van der Waals surface area (Å²) in [7, 11) is 0. The number of barbiturate groups is 1. The van der Waals surface area contributed by atoms with Crippen LogP contribution in [0, 0.1) is 6.92 Å². The van der Waals surface area contributed by atoms with Crippen molar-refractivity contribution in [2.45, 2.75) is 6.92 Å². The SMILES string of the molecule is Cc1ccccc1N1C(=O)NC(=O)C(=Cc2ccc3c(c2)OCO3)C1=O. The van der Waals surface area contributed by atoms with Gasteiger partial charge in [0.2, 0.25) is 6.79 Å². The summed E-state index contributed by atoms with van der Waals surface area (Å²) in [5.41, 5.74) is 1.63. The van der Waals surface area contributed by atoms with Crippen LogP contribution in [-0.2, 0) is 9.59 Å². The van der Waals surface area contributed by atoms with E-state index in [0.717, 1.165) is 10.5 Å². The number of nitrogens with zero attached hydrogens (tertiary/aromatic N) is 1. The molecule has 0 saturated carbocycles. The minimum Gasteiger partial charge on any atom is -0.454 e. The number of aryl methyl sites for hydroxylation is 1. The number of urea groups is 1. The van der Waals surface area contributed by atoms with Crippen LogP contribution >= 0.6 is 0 Å². The highest BCUT2D eigenvalue weighted by molar-refractivity contribution is 6.39. The van der Waals surface area contributed by atoms with Crippen LogP contribution in [0.5, 0.6) is 11.5 Å². The molecule has 0 bridgehead atoms. The van der Waals surface area contributed by atoms with Gasteiger partial charge in [0.15, 0.2) is 11.5 Å². The van der Waals surface area contributed by atoms with E-state index >= 15 is 0 Å². The number of carbonyl (C=O) groups is 3. The maximum atomic E-state index is 12.9. The van der Waals surface area contributed by atoms with Crippen molar-refractivity contribution in [3.05, 3.63) is 59.2 Å². The number of para-hydroxylation sites is 1. The smallest absolute Gasteiger partial charge is 0.335 e. The summed E-state index contributed by atoms with van der Waals surface area (Å²) in [6.45, 7) is 1.91. The lowest BCUT2D eigenvalue weighted by Crippen LogP contribution is -2.54. The third kappa shape index (κ3) is 2.59. The Kier molecular flexibility index (Phi) is 3.69. The number of benzene rings is 2. The second kappa shape index (κ2) is 6.03. The molecule has 26 heavy (non-hydrogen) atoms. The van der Waals surface area contributed by atoms with Gasteiger partial charge in [0, 0.05) is 0 Å². The number of anilines is 1. The highest BCUT2D eigenvalue weighted by Crippen LogP contribution is 2.33. The van der Waals surface area contributed by atoms with Crippen LogP contribution in [0.15, 0.2) is 48.0 Å². The minimum atomic E-state index is -0.767.